The largest absolute Gasteiger partial charge is 0.396 e. The second-order valence-corrected chi connectivity index (χ2v) is 4.85. The van der Waals surface area contributed by atoms with Crippen molar-refractivity contribution < 1.29 is 14.7 Å². The highest BCUT2D eigenvalue weighted by Crippen LogP contribution is 1.98. The number of Topliss-reactive ketones (excluding diaryl/α,β-unsaturated/α-hetero) is 1. The van der Waals surface area contributed by atoms with E-state index >= 15 is 0 Å². The lowest BCUT2D eigenvalue weighted by molar-refractivity contribution is -0.121. The predicted molar refractivity (Wildman–Crippen MR) is 82.2 cm³/mol. The van der Waals surface area contributed by atoms with E-state index in [1.807, 2.05) is 18.2 Å². The minimum atomic E-state index is 0.0174. The number of hydrogen-bond donors (Lipinski definition) is 3. The van der Waals surface area contributed by atoms with E-state index in [0.29, 0.717) is 44.5 Å². The molecule has 0 aliphatic carbocycles. The highest BCUT2D eigenvalue weighted by atomic mass is 16.3. The molecule has 0 aromatic heterocycles. The first kappa shape index (κ1) is 17.3. The number of nitrogens with one attached hydrogen (secondary N) is 2. The first-order valence-electron chi connectivity index (χ1n) is 7.40. The molecule has 0 radical (unpaired) electrons. The molecule has 1 aromatic rings. The Morgan fingerprint density at radius 2 is 1.76 bits per heavy atom. The van der Waals surface area contributed by atoms with Gasteiger partial charge < -0.3 is 15.7 Å². The van der Waals surface area contributed by atoms with Crippen molar-refractivity contribution >= 4 is 11.7 Å². The number of hydrogen-bond acceptors (Lipinski definition) is 4. The second kappa shape index (κ2) is 11.0. The minimum Gasteiger partial charge on any atom is -0.396 e. The van der Waals surface area contributed by atoms with Crippen molar-refractivity contribution in [3.63, 3.8) is 0 Å². The van der Waals surface area contributed by atoms with Gasteiger partial charge in [0.15, 0.2) is 5.78 Å². The fourth-order valence-electron chi connectivity index (χ4n) is 1.85. The van der Waals surface area contributed by atoms with Gasteiger partial charge in [-0.3, -0.25) is 9.59 Å². The molecule has 0 atom stereocenters. The van der Waals surface area contributed by atoms with E-state index in [2.05, 4.69) is 10.6 Å². The van der Waals surface area contributed by atoms with Crippen LogP contribution in [0.4, 0.5) is 0 Å². The van der Waals surface area contributed by atoms with Crippen LogP contribution in [0, 0.1) is 0 Å². The fraction of sp³-hybridized carbons (Fsp3) is 0.500. The summed E-state index contributed by atoms with van der Waals surface area (Å²) in [5.41, 5.74) is 0.710. The van der Waals surface area contributed by atoms with E-state index in [0.717, 1.165) is 6.42 Å². The first-order chi connectivity index (χ1) is 10.2. The molecule has 21 heavy (non-hydrogen) atoms. The van der Waals surface area contributed by atoms with E-state index < -0.39 is 0 Å². The number of ketones is 1. The maximum atomic E-state index is 11.8. The normalized spacial score (nSPS) is 10.3. The van der Waals surface area contributed by atoms with Crippen LogP contribution in [0.1, 0.15) is 36.0 Å². The van der Waals surface area contributed by atoms with Gasteiger partial charge in [-0.05, 0) is 25.8 Å². The van der Waals surface area contributed by atoms with Gasteiger partial charge in [0.05, 0.1) is 6.54 Å². The third-order valence-electron chi connectivity index (χ3n) is 3.05. The monoisotopic (exact) mass is 292 g/mol. The maximum Gasteiger partial charge on any atom is 0.219 e. The van der Waals surface area contributed by atoms with Crippen LogP contribution in [0.15, 0.2) is 30.3 Å². The molecule has 1 aromatic carbocycles. The molecule has 1 amide bonds. The summed E-state index contributed by atoms with van der Waals surface area (Å²) in [5.74, 6) is 0.0902. The van der Waals surface area contributed by atoms with Crippen LogP contribution >= 0.6 is 0 Å². The maximum absolute atomic E-state index is 11.8. The Morgan fingerprint density at radius 1 is 1.00 bits per heavy atom. The van der Waals surface area contributed by atoms with Gasteiger partial charge in [0.2, 0.25) is 5.91 Å². The van der Waals surface area contributed by atoms with E-state index in [-0.39, 0.29) is 18.3 Å². The molecule has 5 heteroatoms. The Hall–Kier alpha value is -1.72. The molecular weight excluding hydrogens is 268 g/mol. The summed E-state index contributed by atoms with van der Waals surface area (Å²) >= 11 is 0. The fourth-order valence-corrected chi connectivity index (χ4v) is 1.85. The number of rotatable bonds is 11. The Kier molecular flexibility index (Phi) is 9.08. The highest BCUT2D eigenvalue weighted by molar-refractivity contribution is 5.97. The van der Waals surface area contributed by atoms with Crippen molar-refractivity contribution in [3.05, 3.63) is 35.9 Å². The standard InChI is InChI=1S/C16H24N2O3/c19-12-5-4-9-16(21)18-11-6-10-17-13-15(20)14-7-2-1-3-8-14/h1-3,7-8,17,19H,4-6,9-13H2,(H,18,21). The summed E-state index contributed by atoms with van der Waals surface area (Å²) in [6, 6.07) is 9.18. The summed E-state index contributed by atoms with van der Waals surface area (Å²) in [5, 5.41) is 14.5. The van der Waals surface area contributed by atoms with Gasteiger partial charge in [-0.25, -0.2) is 0 Å². The molecule has 116 valence electrons. The zero-order valence-electron chi connectivity index (χ0n) is 12.3. The smallest absolute Gasteiger partial charge is 0.219 e. The zero-order valence-corrected chi connectivity index (χ0v) is 12.3. The molecular formula is C16H24N2O3. The molecule has 0 spiro atoms. The van der Waals surface area contributed by atoms with Gasteiger partial charge in [-0.1, -0.05) is 30.3 Å². The Bertz CT molecular complexity index is 421. The van der Waals surface area contributed by atoms with Crippen LogP contribution in [0.3, 0.4) is 0 Å². The van der Waals surface area contributed by atoms with Crippen LogP contribution in [0.2, 0.25) is 0 Å². The lowest BCUT2D eigenvalue weighted by Gasteiger charge is -2.06. The van der Waals surface area contributed by atoms with Gasteiger partial charge in [0.25, 0.3) is 0 Å². The van der Waals surface area contributed by atoms with Crippen LogP contribution in [-0.4, -0.2) is 43.0 Å². The summed E-state index contributed by atoms with van der Waals surface area (Å²) in [4.78, 5) is 23.2. The molecule has 0 saturated heterocycles. The van der Waals surface area contributed by atoms with Gasteiger partial charge >= 0.3 is 0 Å². The minimum absolute atomic E-state index is 0.0174. The molecule has 0 aliphatic rings. The van der Waals surface area contributed by atoms with E-state index in [1.54, 1.807) is 12.1 Å². The number of unbranched alkanes of at least 4 members (excludes halogenated alkanes) is 1. The van der Waals surface area contributed by atoms with E-state index in [4.69, 9.17) is 5.11 Å². The lowest BCUT2D eigenvalue weighted by Crippen LogP contribution is -2.29. The third-order valence-corrected chi connectivity index (χ3v) is 3.05. The van der Waals surface area contributed by atoms with Crippen molar-refractivity contribution in [1.82, 2.24) is 10.6 Å². The lowest BCUT2D eigenvalue weighted by atomic mass is 10.1. The van der Waals surface area contributed by atoms with E-state index in [1.165, 1.54) is 0 Å². The summed E-state index contributed by atoms with van der Waals surface area (Å²) in [6.45, 7) is 1.74. The summed E-state index contributed by atoms with van der Waals surface area (Å²) in [6.07, 6.45) is 2.62. The number of aliphatic hydroxyl groups excluding tert-OH is 1. The number of carbonyl (C=O) groups is 2. The van der Waals surface area contributed by atoms with Crippen molar-refractivity contribution in [2.75, 3.05) is 26.2 Å². The Labute approximate surface area is 125 Å². The Morgan fingerprint density at radius 3 is 2.48 bits per heavy atom. The van der Waals surface area contributed by atoms with Crippen LogP contribution in [0.5, 0.6) is 0 Å². The SMILES string of the molecule is O=C(CCCCO)NCCCNCC(=O)c1ccccc1. The highest BCUT2D eigenvalue weighted by Gasteiger charge is 2.04. The number of benzene rings is 1. The van der Waals surface area contributed by atoms with Crippen molar-refractivity contribution in [3.8, 4) is 0 Å². The van der Waals surface area contributed by atoms with Gasteiger partial charge in [0.1, 0.15) is 0 Å². The van der Waals surface area contributed by atoms with Crippen LogP contribution in [0.25, 0.3) is 0 Å². The molecule has 5 nitrogen and oxygen atoms in total. The average molecular weight is 292 g/mol. The number of aliphatic hydroxyl groups is 1. The third kappa shape index (κ3) is 8.22. The molecule has 0 fully saturated rings. The predicted octanol–water partition coefficient (Wildman–Crippen LogP) is 1.13. The van der Waals surface area contributed by atoms with Crippen molar-refractivity contribution in [2.45, 2.75) is 25.7 Å². The molecule has 3 N–H and O–H groups in total. The summed E-state index contributed by atoms with van der Waals surface area (Å²) in [7, 11) is 0. The first-order valence-corrected chi connectivity index (χ1v) is 7.40. The van der Waals surface area contributed by atoms with Gasteiger partial charge in [0, 0.05) is 25.1 Å². The van der Waals surface area contributed by atoms with Gasteiger partial charge in [-0.2, -0.15) is 0 Å². The number of carbonyl (C=O) groups excluding carboxylic acids is 2. The molecule has 1 rings (SSSR count). The molecule has 0 heterocycles. The molecule has 0 bridgehead atoms. The number of amides is 1. The quantitative estimate of drug-likeness (QED) is 0.422. The van der Waals surface area contributed by atoms with Crippen LogP contribution < -0.4 is 10.6 Å². The van der Waals surface area contributed by atoms with Crippen LogP contribution in [-0.2, 0) is 4.79 Å². The molecule has 0 saturated carbocycles. The van der Waals surface area contributed by atoms with Crippen molar-refractivity contribution in [2.24, 2.45) is 0 Å². The average Bonchev–Trinajstić information content (AvgIpc) is 2.51. The van der Waals surface area contributed by atoms with Crippen molar-refractivity contribution in [1.29, 1.82) is 0 Å². The summed E-state index contributed by atoms with van der Waals surface area (Å²) < 4.78 is 0. The second-order valence-electron chi connectivity index (χ2n) is 4.85. The van der Waals surface area contributed by atoms with E-state index in [9.17, 15) is 9.59 Å². The topological polar surface area (TPSA) is 78.4 Å². The molecule has 0 unspecified atom stereocenters. The Balaban J connectivity index is 2.00. The van der Waals surface area contributed by atoms with Gasteiger partial charge in [-0.15, -0.1) is 0 Å². The molecule has 0 aliphatic heterocycles. The zero-order chi connectivity index (χ0) is 15.3.